The van der Waals surface area contributed by atoms with Gasteiger partial charge in [-0.25, -0.2) is 0 Å². The molecule has 1 aromatic carbocycles. The van der Waals surface area contributed by atoms with E-state index in [1.54, 1.807) is 0 Å². The first-order valence-corrected chi connectivity index (χ1v) is 5.43. The number of rotatable bonds is 3. The van der Waals surface area contributed by atoms with E-state index >= 15 is 0 Å². The Balaban J connectivity index is 2.20. The second-order valence-electron chi connectivity index (χ2n) is 4.74. The first-order chi connectivity index (χ1) is 6.73. The van der Waals surface area contributed by atoms with Gasteiger partial charge in [-0.1, -0.05) is 36.8 Å². The van der Waals surface area contributed by atoms with Crippen molar-refractivity contribution in [1.29, 1.82) is 0 Å². The average molecular weight is 189 g/mol. The van der Waals surface area contributed by atoms with Gasteiger partial charge in [0.15, 0.2) is 0 Å². The quantitative estimate of drug-likeness (QED) is 0.706. The van der Waals surface area contributed by atoms with Crippen LogP contribution in [0.4, 0.5) is 0 Å². The zero-order valence-corrected chi connectivity index (χ0v) is 9.16. The molecule has 0 aliphatic heterocycles. The molecule has 76 valence electrons. The summed E-state index contributed by atoms with van der Waals surface area (Å²) in [5.74, 6) is 0. The van der Waals surface area contributed by atoms with Gasteiger partial charge in [0, 0.05) is 12.0 Å². The molecule has 2 rings (SSSR count). The number of likely N-dealkylation sites (N-methyl/N-ethyl adjacent to an activating group) is 1. The second-order valence-corrected chi connectivity index (χ2v) is 4.74. The van der Waals surface area contributed by atoms with Crippen molar-refractivity contribution in [1.82, 2.24) is 4.90 Å². The van der Waals surface area contributed by atoms with Crippen LogP contribution < -0.4 is 0 Å². The third kappa shape index (κ3) is 1.69. The summed E-state index contributed by atoms with van der Waals surface area (Å²) in [4.78, 5) is 2.31. The molecule has 0 heterocycles. The third-order valence-corrected chi connectivity index (χ3v) is 3.32. The Morgan fingerprint density at radius 2 is 1.79 bits per heavy atom. The summed E-state index contributed by atoms with van der Waals surface area (Å²) < 4.78 is 0. The molecule has 0 aromatic heterocycles. The fraction of sp³-hybridized carbons (Fsp3) is 0.538. The van der Waals surface area contributed by atoms with Gasteiger partial charge in [0.05, 0.1) is 0 Å². The maximum absolute atomic E-state index is 2.31. The van der Waals surface area contributed by atoms with Crippen molar-refractivity contribution in [3.05, 3.63) is 35.9 Å². The van der Waals surface area contributed by atoms with Crippen molar-refractivity contribution in [3.63, 3.8) is 0 Å². The first-order valence-electron chi connectivity index (χ1n) is 5.43. The molecular weight excluding hydrogens is 170 g/mol. The topological polar surface area (TPSA) is 3.24 Å². The normalized spacial score (nSPS) is 19.4. The van der Waals surface area contributed by atoms with E-state index in [2.05, 4.69) is 49.3 Å². The molecule has 0 radical (unpaired) electrons. The van der Waals surface area contributed by atoms with Crippen LogP contribution in [0.2, 0.25) is 0 Å². The monoisotopic (exact) mass is 189 g/mol. The van der Waals surface area contributed by atoms with Gasteiger partial charge in [0.25, 0.3) is 0 Å². The summed E-state index contributed by atoms with van der Waals surface area (Å²) in [7, 11) is 4.34. The lowest BCUT2D eigenvalue weighted by Crippen LogP contribution is -2.43. The van der Waals surface area contributed by atoms with Crippen LogP contribution in [0, 0.1) is 0 Å². The molecule has 0 atom stereocenters. The van der Waals surface area contributed by atoms with Crippen molar-refractivity contribution in [2.24, 2.45) is 0 Å². The largest absolute Gasteiger partial charge is 0.309 e. The number of benzene rings is 1. The Hall–Kier alpha value is -0.820. The molecule has 0 N–H and O–H groups in total. The highest BCUT2D eigenvalue weighted by Gasteiger charge is 2.38. The van der Waals surface area contributed by atoms with Gasteiger partial charge < -0.3 is 4.90 Å². The smallest absolute Gasteiger partial charge is 0.00800 e. The molecule has 0 spiro atoms. The predicted molar refractivity (Wildman–Crippen MR) is 60.5 cm³/mol. The molecule has 0 unspecified atom stereocenters. The maximum Gasteiger partial charge on any atom is 0.00800 e. The van der Waals surface area contributed by atoms with Crippen LogP contribution in [0.15, 0.2) is 30.3 Å². The fourth-order valence-electron chi connectivity index (χ4n) is 2.54. The van der Waals surface area contributed by atoms with Crippen LogP contribution in [0.5, 0.6) is 0 Å². The van der Waals surface area contributed by atoms with E-state index < -0.39 is 0 Å². The van der Waals surface area contributed by atoms with Gasteiger partial charge in [0.1, 0.15) is 0 Å². The highest BCUT2D eigenvalue weighted by Crippen LogP contribution is 2.43. The predicted octanol–water partition coefficient (Wildman–Crippen LogP) is 2.67. The number of nitrogens with zero attached hydrogens (tertiary/aromatic N) is 1. The lowest BCUT2D eigenvalue weighted by atomic mass is 9.64. The molecule has 0 bridgehead atoms. The molecule has 1 aliphatic carbocycles. The Bertz CT molecular complexity index is 285. The van der Waals surface area contributed by atoms with E-state index in [9.17, 15) is 0 Å². The summed E-state index contributed by atoms with van der Waals surface area (Å²) in [6.07, 6.45) is 4.10. The minimum Gasteiger partial charge on any atom is -0.309 e. The summed E-state index contributed by atoms with van der Waals surface area (Å²) in [5, 5.41) is 0. The molecule has 1 nitrogen and oxygen atoms in total. The van der Waals surface area contributed by atoms with Crippen LogP contribution in [-0.2, 0) is 5.41 Å². The Labute approximate surface area is 86.7 Å². The van der Waals surface area contributed by atoms with Gasteiger partial charge in [-0.15, -0.1) is 0 Å². The SMILES string of the molecule is CN(C)CC1(c2ccccc2)CCC1. The maximum atomic E-state index is 2.31. The van der Waals surface area contributed by atoms with Gasteiger partial charge in [0.2, 0.25) is 0 Å². The molecular formula is C13H19N. The highest BCUT2D eigenvalue weighted by molar-refractivity contribution is 5.28. The molecule has 1 aliphatic rings. The Kier molecular flexibility index (Phi) is 2.60. The standard InChI is InChI=1S/C13H19N/c1-14(2)11-13(9-6-10-13)12-7-4-3-5-8-12/h3-5,7-8H,6,9-11H2,1-2H3. The second kappa shape index (κ2) is 3.74. The van der Waals surface area contributed by atoms with Crippen LogP contribution >= 0.6 is 0 Å². The van der Waals surface area contributed by atoms with E-state index in [4.69, 9.17) is 0 Å². The lowest BCUT2D eigenvalue weighted by molar-refractivity contribution is 0.177. The van der Waals surface area contributed by atoms with Crippen molar-refractivity contribution in [3.8, 4) is 0 Å². The third-order valence-electron chi connectivity index (χ3n) is 3.32. The van der Waals surface area contributed by atoms with Crippen LogP contribution in [-0.4, -0.2) is 25.5 Å². The van der Waals surface area contributed by atoms with E-state index in [0.29, 0.717) is 5.41 Å². The fourth-order valence-corrected chi connectivity index (χ4v) is 2.54. The molecule has 1 fully saturated rings. The summed E-state index contributed by atoms with van der Waals surface area (Å²) in [6, 6.07) is 11.0. The van der Waals surface area contributed by atoms with Crippen molar-refractivity contribution >= 4 is 0 Å². The van der Waals surface area contributed by atoms with Gasteiger partial charge in [-0.3, -0.25) is 0 Å². The lowest BCUT2D eigenvalue weighted by Gasteiger charge is -2.44. The minimum absolute atomic E-state index is 0.463. The van der Waals surface area contributed by atoms with E-state index in [1.165, 1.54) is 31.4 Å². The molecule has 14 heavy (non-hydrogen) atoms. The molecule has 0 saturated heterocycles. The van der Waals surface area contributed by atoms with Crippen LogP contribution in [0.3, 0.4) is 0 Å². The zero-order valence-electron chi connectivity index (χ0n) is 9.16. The summed E-state index contributed by atoms with van der Waals surface area (Å²) >= 11 is 0. The molecule has 1 aromatic rings. The van der Waals surface area contributed by atoms with Crippen LogP contribution in [0.25, 0.3) is 0 Å². The van der Waals surface area contributed by atoms with Gasteiger partial charge in [-0.05, 0) is 32.5 Å². The van der Waals surface area contributed by atoms with E-state index in [0.717, 1.165) is 0 Å². The Morgan fingerprint density at radius 3 is 2.21 bits per heavy atom. The number of hydrogen-bond acceptors (Lipinski definition) is 1. The number of hydrogen-bond donors (Lipinski definition) is 0. The molecule has 1 heteroatoms. The molecule has 1 saturated carbocycles. The van der Waals surface area contributed by atoms with E-state index in [1.807, 2.05) is 0 Å². The first kappa shape index (κ1) is 9.72. The Morgan fingerprint density at radius 1 is 1.14 bits per heavy atom. The van der Waals surface area contributed by atoms with Gasteiger partial charge in [-0.2, -0.15) is 0 Å². The summed E-state index contributed by atoms with van der Waals surface area (Å²) in [6.45, 7) is 1.19. The average Bonchev–Trinajstić information content (AvgIpc) is 2.12. The molecule has 0 amide bonds. The highest BCUT2D eigenvalue weighted by atomic mass is 15.1. The van der Waals surface area contributed by atoms with Crippen molar-refractivity contribution in [2.75, 3.05) is 20.6 Å². The van der Waals surface area contributed by atoms with Gasteiger partial charge >= 0.3 is 0 Å². The zero-order chi connectivity index (χ0) is 10.0. The minimum atomic E-state index is 0.463. The van der Waals surface area contributed by atoms with Crippen molar-refractivity contribution < 1.29 is 0 Å². The van der Waals surface area contributed by atoms with Crippen LogP contribution in [0.1, 0.15) is 24.8 Å². The van der Waals surface area contributed by atoms with E-state index in [-0.39, 0.29) is 0 Å². The summed E-state index contributed by atoms with van der Waals surface area (Å²) in [5.41, 5.74) is 1.99. The van der Waals surface area contributed by atoms with Crippen molar-refractivity contribution in [2.45, 2.75) is 24.7 Å².